The minimum Gasteiger partial charge on any atom is -0.326 e. The highest BCUT2D eigenvalue weighted by Crippen LogP contribution is 2.26. The summed E-state index contributed by atoms with van der Waals surface area (Å²) in [7, 11) is 0. The van der Waals surface area contributed by atoms with Crippen LogP contribution in [-0.4, -0.2) is 5.91 Å². The molecule has 3 nitrogen and oxygen atoms in total. The van der Waals surface area contributed by atoms with Gasteiger partial charge < -0.3 is 10.0 Å². The summed E-state index contributed by atoms with van der Waals surface area (Å²) in [5.74, 6) is -2.10. The van der Waals surface area contributed by atoms with Crippen LogP contribution in [0.4, 0.5) is 20.2 Å². The molecule has 2 N–H and O–H groups in total. The van der Waals surface area contributed by atoms with E-state index in [0.717, 1.165) is 24.1 Å². The second kappa shape index (κ2) is 8.61. The van der Waals surface area contributed by atoms with Crippen molar-refractivity contribution >= 4 is 52.4 Å². The smallest absolute Gasteiger partial charge is 0.255 e. The summed E-state index contributed by atoms with van der Waals surface area (Å²) in [6.07, 6.45) is 0. The molecule has 27 heavy (non-hydrogen) atoms. The Morgan fingerprint density at radius 1 is 0.815 bits per heavy atom. The first-order valence-corrected chi connectivity index (χ1v) is 9.24. The molecule has 0 fully saturated rings. The van der Waals surface area contributed by atoms with Crippen molar-refractivity contribution < 1.29 is 13.6 Å². The second-order valence-electron chi connectivity index (χ2n) is 5.44. The zero-order chi connectivity index (χ0) is 19.4. The zero-order valence-corrected chi connectivity index (χ0v) is 15.9. The van der Waals surface area contributed by atoms with Crippen molar-refractivity contribution in [2.24, 2.45) is 0 Å². The number of nitrogens with one attached hydrogen (secondary N) is 2. The molecular weight excluding hydrogens is 413 g/mol. The Morgan fingerprint density at radius 3 is 2.19 bits per heavy atom. The van der Waals surface area contributed by atoms with Gasteiger partial charge in [-0.3, -0.25) is 4.79 Å². The van der Waals surface area contributed by atoms with Crippen LogP contribution in [0.25, 0.3) is 0 Å². The van der Waals surface area contributed by atoms with Crippen LogP contribution in [0, 0.1) is 11.6 Å². The first-order valence-electron chi connectivity index (χ1n) is 7.67. The van der Waals surface area contributed by atoms with Crippen molar-refractivity contribution in [3.63, 3.8) is 0 Å². The third-order valence-electron chi connectivity index (χ3n) is 3.50. The van der Waals surface area contributed by atoms with Gasteiger partial charge in [-0.1, -0.05) is 23.2 Å². The number of halogens is 4. The molecule has 0 atom stereocenters. The summed E-state index contributed by atoms with van der Waals surface area (Å²) < 4.78 is 29.1. The first kappa shape index (κ1) is 19.5. The van der Waals surface area contributed by atoms with E-state index in [0.29, 0.717) is 31.9 Å². The van der Waals surface area contributed by atoms with Crippen LogP contribution in [0.2, 0.25) is 10.0 Å². The van der Waals surface area contributed by atoms with E-state index in [1.54, 1.807) is 42.5 Å². The minimum absolute atomic E-state index is 0.298. The lowest BCUT2D eigenvalue weighted by molar-refractivity contribution is 0.102. The molecule has 0 aliphatic rings. The lowest BCUT2D eigenvalue weighted by atomic mass is 10.2. The van der Waals surface area contributed by atoms with E-state index in [1.807, 2.05) is 0 Å². The molecule has 0 saturated carbocycles. The van der Waals surface area contributed by atoms with Gasteiger partial charge in [-0.25, -0.2) is 8.78 Å². The Hall–Kier alpha value is -2.28. The highest BCUT2D eigenvalue weighted by Gasteiger charge is 2.08. The fourth-order valence-corrected chi connectivity index (χ4v) is 3.09. The fourth-order valence-electron chi connectivity index (χ4n) is 2.12. The highest BCUT2D eigenvalue weighted by molar-refractivity contribution is 8.00. The highest BCUT2D eigenvalue weighted by atomic mass is 35.5. The van der Waals surface area contributed by atoms with E-state index >= 15 is 0 Å². The van der Waals surface area contributed by atoms with Crippen molar-refractivity contribution in [2.75, 3.05) is 10.0 Å². The number of anilines is 2. The standard InChI is InChI=1S/C19H12Cl2F2N2OS/c20-15-7-5-13(9-16(15)21)24-19(26)11-1-3-12(4-2-11)25-27-14-6-8-17(22)18(23)10-14/h1-10,25H,(H,24,26). The maximum atomic E-state index is 13.2. The molecule has 1 amide bonds. The van der Waals surface area contributed by atoms with E-state index in [4.69, 9.17) is 23.2 Å². The number of hydrogen-bond acceptors (Lipinski definition) is 3. The average Bonchev–Trinajstić information content (AvgIpc) is 2.66. The van der Waals surface area contributed by atoms with Crippen LogP contribution in [0.15, 0.2) is 65.6 Å². The molecular formula is C19H12Cl2F2N2OS. The first-order chi connectivity index (χ1) is 12.9. The van der Waals surface area contributed by atoms with E-state index in [2.05, 4.69) is 10.0 Å². The van der Waals surface area contributed by atoms with Crippen LogP contribution in [0.1, 0.15) is 10.4 Å². The van der Waals surface area contributed by atoms with Gasteiger partial charge in [0, 0.05) is 21.8 Å². The van der Waals surface area contributed by atoms with Crippen LogP contribution in [0.5, 0.6) is 0 Å². The number of rotatable bonds is 5. The molecule has 3 aromatic rings. The van der Waals surface area contributed by atoms with E-state index in [-0.39, 0.29) is 5.91 Å². The molecule has 138 valence electrons. The summed E-state index contributed by atoms with van der Waals surface area (Å²) >= 11 is 12.9. The number of amides is 1. The predicted molar refractivity (Wildman–Crippen MR) is 107 cm³/mol. The molecule has 0 radical (unpaired) electrons. The van der Waals surface area contributed by atoms with Gasteiger partial charge in [0.15, 0.2) is 11.6 Å². The average molecular weight is 425 g/mol. The monoisotopic (exact) mass is 424 g/mol. The molecule has 0 unspecified atom stereocenters. The van der Waals surface area contributed by atoms with E-state index in [1.165, 1.54) is 6.07 Å². The largest absolute Gasteiger partial charge is 0.326 e. The third-order valence-corrected chi connectivity index (χ3v) is 5.07. The number of carbonyl (C=O) groups excluding carboxylic acids is 1. The molecule has 0 spiro atoms. The summed E-state index contributed by atoms with van der Waals surface area (Å²) in [6, 6.07) is 15.1. The van der Waals surface area contributed by atoms with Gasteiger partial charge in [-0.05, 0) is 72.6 Å². The number of hydrogen-bond donors (Lipinski definition) is 2. The molecule has 3 aromatic carbocycles. The van der Waals surface area contributed by atoms with Gasteiger partial charge in [-0.2, -0.15) is 0 Å². The normalized spacial score (nSPS) is 10.5. The van der Waals surface area contributed by atoms with Crippen LogP contribution >= 0.6 is 35.1 Å². The lowest BCUT2D eigenvalue weighted by Crippen LogP contribution is -2.11. The molecule has 0 aliphatic heterocycles. The maximum absolute atomic E-state index is 13.2. The fraction of sp³-hybridized carbons (Fsp3) is 0. The summed E-state index contributed by atoms with van der Waals surface area (Å²) in [6.45, 7) is 0. The van der Waals surface area contributed by atoms with Gasteiger partial charge in [0.2, 0.25) is 0 Å². The zero-order valence-electron chi connectivity index (χ0n) is 13.6. The van der Waals surface area contributed by atoms with Crippen molar-refractivity contribution in [3.05, 3.63) is 87.9 Å². The van der Waals surface area contributed by atoms with Gasteiger partial charge in [0.1, 0.15) is 0 Å². The van der Waals surface area contributed by atoms with Crippen molar-refractivity contribution in [1.29, 1.82) is 0 Å². The Kier molecular flexibility index (Phi) is 6.21. The van der Waals surface area contributed by atoms with E-state index < -0.39 is 11.6 Å². The molecule has 0 aliphatic carbocycles. The number of benzene rings is 3. The van der Waals surface area contributed by atoms with Gasteiger partial charge in [0.05, 0.1) is 10.0 Å². The van der Waals surface area contributed by atoms with Crippen molar-refractivity contribution in [3.8, 4) is 0 Å². The van der Waals surface area contributed by atoms with E-state index in [9.17, 15) is 13.6 Å². The summed E-state index contributed by atoms with van der Waals surface area (Å²) in [4.78, 5) is 12.8. The maximum Gasteiger partial charge on any atom is 0.255 e. The molecule has 0 heterocycles. The molecule has 0 aromatic heterocycles. The molecule has 3 rings (SSSR count). The quantitative estimate of drug-likeness (QED) is 0.450. The number of carbonyl (C=O) groups is 1. The molecule has 0 saturated heterocycles. The Labute approximate surface area is 168 Å². The Morgan fingerprint density at radius 2 is 1.52 bits per heavy atom. The van der Waals surface area contributed by atoms with Gasteiger partial charge in [-0.15, -0.1) is 0 Å². The third kappa shape index (κ3) is 5.13. The lowest BCUT2D eigenvalue weighted by Gasteiger charge is -2.08. The van der Waals surface area contributed by atoms with Crippen LogP contribution < -0.4 is 10.0 Å². The SMILES string of the molecule is O=C(Nc1ccc(Cl)c(Cl)c1)c1ccc(NSc2ccc(F)c(F)c2)cc1. The van der Waals surface area contributed by atoms with Crippen LogP contribution in [0.3, 0.4) is 0 Å². The van der Waals surface area contributed by atoms with Gasteiger partial charge >= 0.3 is 0 Å². The van der Waals surface area contributed by atoms with Crippen molar-refractivity contribution in [1.82, 2.24) is 0 Å². The topological polar surface area (TPSA) is 41.1 Å². The summed E-state index contributed by atoms with van der Waals surface area (Å²) in [5, 5.41) is 3.49. The van der Waals surface area contributed by atoms with Crippen LogP contribution in [-0.2, 0) is 0 Å². The minimum atomic E-state index is -0.906. The Bertz CT molecular complexity index is 984. The van der Waals surface area contributed by atoms with Crippen molar-refractivity contribution in [2.45, 2.75) is 4.90 Å². The Balaban J connectivity index is 1.61. The summed E-state index contributed by atoms with van der Waals surface area (Å²) in [5.41, 5.74) is 1.69. The van der Waals surface area contributed by atoms with Gasteiger partial charge in [0.25, 0.3) is 5.91 Å². The molecule has 0 bridgehead atoms. The molecule has 8 heteroatoms. The predicted octanol–water partition coefficient (Wildman–Crippen LogP) is 6.64. The second-order valence-corrected chi connectivity index (χ2v) is 7.13.